The molecule has 7 nitrogen and oxygen atoms in total. The second kappa shape index (κ2) is 9.00. The van der Waals surface area contributed by atoms with Gasteiger partial charge in [0.25, 0.3) is 11.8 Å². The van der Waals surface area contributed by atoms with E-state index in [9.17, 15) is 14.4 Å². The highest BCUT2D eigenvalue weighted by molar-refractivity contribution is 6.62. The summed E-state index contributed by atoms with van der Waals surface area (Å²) in [7, 11) is -0.528. The van der Waals surface area contributed by atoms with Crippen molar-refractivity contribution in [2.75, 3.05) is 19.6 Å². The van der Waals surface area contributed by atoms with Crippen LogP contribution in [-0.2, 0) is 14.1 Å². The van der Waals surface area contributed by atoms with Crippen molar-refractivity contribution in [2.24, 2.45) is 0 Å². The van der Waals surface area contributed by atoms with Crippen molar-refractivity contribution >= 4 is 30.2 Å². The Kier molecular flexibility index (Phi) is 6.40. The van der Waals surface area contributed by atoms with Gasteiger partial charge in [-0.1, -0.05) is 42.5 Å². The normalized spacial score (nSPS) is 21.4. The molecule has 8 heteroatoms. The second-order valence-electron chi connectivity index (χ2n) is 10.0. The third-order valence-electron chi connectivity index (χ3n) is 7.09. The fourth-order valence-electron chi connectivity index (χ4n) is 4.23. The van der Waals surface area contributed by atoms with Crippen LogP contribution >= 0.6 is 0 Å². The van der Waals surface area contributed by atoms with Gasteiger partial charge in [-0.05, 0) is 52.2 Å². The van der Waals surface area contributed by atoms with Gasteiger partial charge >= 0.3 is 7.12 Å². The van der Waals surface area contributed by atoms with Gasteiger partial charge in [0.05, 0.1) is 11.2 Å². The Morgan fingerprint density at radius 2 is 1.44 bits per heavy atom. The van der Waals surface area contributed by atoms with Crippen LogP contribution in [0.5, 0.6) is 0 Å². The van der Waals surface area contributed by atoms with Crippen LogP contribution in [0.25, 0.3) is 0 Å². The van der Waals surface area contributed by atoms with Crippen LogP contribution in [0.15, 0.2) is 54.6 Å². The zero-order valence-corrected chi connectivity index (χ0v) is 20.4. The molecular formula is C26H31BN2O5. The molecule has 0 aromatic heterocycles. The number of Topliss-reactive ketones (excluding diaryl/α,β-unsaturated/α-hetero) is 1. The number of carbonyl (C=O) groups is 3. The van der Waals surface area contributed by atoms with Gasteiger partial charge in [-0.15, -0.1) is 0 Å². The molecule has 0 saturated carbocycles. The first-order valence-electron chi connectivity index (χ1n) is 11.7. The Morgan fingerprint density at radius 3 is 2.00 bits per heavy atom. The summed E-state index contributed by atoms with van der Waals surface area (Å²) in [6, 6.07) is 15.6. The number of amides is 2. The minimum absolute atomic E-state index is 0.0656. The molecule has 34 heavy (non-hydrogen) atoms. The van der Waals surface area contributed by atoms with Crippen molar-refractivity contribution in [2.45, 2.75) is 51.9 Å². The highest BCUT2D eigenvalue weighted by Crippen LogP contribution is 2.36. The van der Waals surface area contributed by atoms with Gasteiger partial charge in [-0.25, -0.2) is 0 Å². The molecule has 0 bridgehead atoms. The monoisotopic (exact) mass is 462 g/mol. The summed E-state index contributed by atoms with van der Waals surface area (Å²) in [6.07, 6.45) is 0. The van der Waals surface area contributed by atoms with Crippen LogP contribution in [-0.4, -0.2) is 71.4 Å². The summed E-state index contributed by atoms with van der Waals surface area (Å²) in [4.78, 5) is 41.9. The molecular weight excluding hydrogens is 431 g/mol. The van der Waals surface area contributed by atoms with E-state index in [0.29, 0.717) is 30.8 Å². The molecule has 0 N–H and O–H groups in total. The van der Waals surface area contributed by atoms with E-state index in [2.05, 4.69) is 0 Å². The Bertz CT molecular complexity index is 1070. The first-order chi connectivity index (χ1) is 16.0. The topological polar surface area (TPSA) is 76.2 Å². The van der Waals surface area contributed by atoms with Crippen LogP contribution < -0.4 is 5.46 Å². The standard InChI is InChI=1S/C26H31BN2O5/c1-18-17-28(23(31)20-9-7-6-8-10-20)15-16-29(18)24(32)22(30)19-11-13-21(14-12-19)27-33-25(2,3)26(4,5)34-27/h6-14,18H,15-17H2,1-5H3/t18-/m1/s1. The quantitative estimate of drug-likeness (QED) is 0.397. The van der Waals surface area contributed by atoms with Gasteiger partial charge < -0.3 is 19.1 Å². The van der Waals surface area contributed by atoms with E-state index in [-0.39, 0.29) is 11.9 Å². The van der Waals surface area contributed by atoms with Crippen molar-refractivity contribution in [3.05, 3.63) is 65.7 Å². The third kappa shape index (κ3) is 4.52. The Balaban J connectivity index is 1.39. The molecule has 4 rings (SSSR count). The molecule has 2 fully saturated rings. The van der Waals surface area contributed by atoms with Crippen LogP contribution in [0.3, 0.4) is 0 Å². The molecule has 0 radical (unpaired) electrons. The lowest BCUT2D eigenvalue weighted by atomic mass is 9.78. The smallest absolute Gasteiger partial charge is 0.399 e. The molecule has 2 saturated heterocycles. The lowest BCUT2D eigenvalue weighted by Crippen LogP contribution is -2.56. The fourth-order valence-corrected chi connectivity index (χ4v) is 4.23. The molecule has 0 unspecified atom stereocenters. The third-order valence-corrected chi connectivity index (χ3v) is 7.09. The number of benzene rings is 2. The van der Waals surface area contributed by atoms with E-state index in [1.165, 1.54) is 0 Å². The minimum atomic E-state index is -0.560. The summed E-state index contributed by atoms with van der Waals surface area (Å²) in [5.41, 5.74) is 0.821. The number of nitrogens with zero attached hydrogens (tertiary/aromatic N) is 2. The average molecular weight is 462 g/mol. The summed E-state index contributed by atoms with van der Waals surface area (Å²) in [5.74, 6) is -1.18. The SMILES string of the molecule is C[C@@H]1CN(C(=O)c2ccccc2)CCN1C(=O)C(=O)c1ccc(B2OC(C)(C)C(C)(C)O2)cc1. The average Bonchev–Trinajstić information content (AvgIpc) is 3.05. The van der Waals surface area contributed by atoms with E-state index >= 15 is 0 Å². The molecule has 2 aliphatic heterocycles. The summed E-state index contributed by atoms with van der Waals surface area (Å²) in [5, 5.41) is 0. The van der Waals surface area contributed by atoms with Crippen LogP contribution in [0.1, 0.15) is 55.3 Å². The van der Waals surface area contributed by atoms with E-state index in [1.54, 1.807) is 46.2 Å². The molecule has 2 amide bonds. The highest BCUT2D eigenvalue weighted by Gasteiger charge is 2.51. The van der Waals surface area contributed by atoms with Gasteiger partial charge in [0.15, 0.2) is 0 Å². The number of hydrogen-bond acceptors (Lipinski definition) is 5. The summed E-state index contributed by atoms with van der Waals surface area (Å²) in [6.45, 7) is 10.9. The maximum atomic E-state index is 13.0. The molecule has 1 atom stereocenters. The van der Waals surface area contributed by atoms with Gasteiger partial charge in [-0.2, -0.15) is 0 Å². The maximum absolute atomic E-state index is 13.0. The predicted octanol–water partition coefficient (Wildman–Crippen LogP) is 2.54. The van der Waals surface area contributed by atoms with Crippen molar-refractivity contribution in [3.63, 3.8) is 0 Å². The van der Waals surface area contributed by atoms with Crippen molar-refractivity contribution in [1.29, 1.82) is 0 Å². The Morgan fingerprint density at radius 1 is 0.853 bits per heavy atom. The summed E-state index contributed by atoms with van der Waals surface area (Å²) >= 11 is 0. The largest absolute Gasteiger partial charge is 0.494 e. The summed E-state index contributed by atoms with van der Waals surface area (Å²) < 4.78 is 12.1. The molecule has 178 valence electrons. The minimum Gasteiger partial charge on any atom is -0.399 e. The molecule has 2 heterocycles. The molecule has 0 spiro atoms. The highest BCUT2D eigenvalue weighted by atomic mass is 16.7. The number of rotatable bonds is 4. The second-order valence-corrected chi connectivity index (χ2v) is 10.0. The first-order valence-corrected chi connectivity index (χ1v) is 11.7. The molecule has 0 aliphatic carbocycles. The molecule has 2 aromatic carbocycles. The van der Waals surface area contributed by atoms with Crippen molar-refractivity contribution in [3.8, 4) is 0 Å². The van der Waals surface area contributed by atoms with E-state index in [4.69, 9.17) is 9.31 Å². The number of piperazine rings is 1. The fraction of sp³-hybridized carbons (Fsp3) is 0.423. The lowest BCUT2D eigenvalue weighted by molar-refractivity contribution is -0.130. The number of ketones is 1. The maximum Gasteiger partial charge on any atom is 0.494 e. The van der Waals surface area contributed by atoms with Gasteiger partial charge in [0.1, 0.15) is 0 Å². The van der Waals surface area contributed by atoms with Crippen LogP contribution in [0.2, 0.25) is 0 Å². The van der Waals surface area contributed by atoms with Crippen molar-refractivity contribution < 1.29 is 23.7 Å². The number of hydrogen-bond donors (Lipinski definition) is 0. The van der Waals surface area contributed by atoms with Gasteiger partial charge in [-0.3, -0.25) is 14.4 Å². The molecule has 2 aliphatic rings. The van der Waals surface area contributed by atoms with Crippen molar-refractivity contribution in [1.82, 2.24) is 9.80 Å². The lowest BCUT2D eigenvalue weighted by Gasteiger charge is -2.39. The molecule has 2 aromatic rings. The van der Waals surface area contributed by atoms with E-state index in [1.807, 2.05) is 52.8 Å². The number of carbonyl (C=O) groups excluding carboxylic acids is 3. The zero-order valence-electron chi connectivity index (χ0n) is 20.4. The van der Waals surface area contributed by atoms with E-state index < -0.39 is 30.0 Å². The van der Waals surface area contributed by atoms with Crippen LogP contribution in [0, 0.1) is 0 Å². The Labute approximate surface area is 201 Å². The first kappa shape index (κ1) is 24.2. The van der Waals surface area contributed by atoms with Crippen LogP contribution in [0.4, 0.5) is 0 Å². The van der Waals surface area contributed by atoms with Gasteiger partial charge in [0.2, 0.25) is 5.78 Å². The Hall–Kier alpha value is -2.97. The van der Waals surface area contributed by atoms with E-state index in [0.717, 1.165) is 5.46 Å². The zero-order chi connectivity index (χ0) is 24.7. The van der Waals surface area contributed by atoms with Gasteiger partial charge in [0, 0.05) is 36.8 Å². The predicted molar refractivity (Wildman–Crippen MR) is 130 cm³/mol.